The third kappa shape index (κ3) is 3.26. The molecule has 0 aliphatic heterocycles. The Bertz CT molecular complexity index is 1150. The van der Waals surface area contributed by atoms with Gasteiger partial charge in [0.25, 0.3) is 5.56 Å². The van der Waals surface area contributed by atoms with Crippen LogP contribution in [0.2, 0.25) is 5.15 Å². The van der Waals surface area contributed by atoms with Gasteiger partial charge in [0.05, 0.1) is 11.1 Å². The van der Waals surface area contributed by atoms with Crippen LogP contribution in [0.3, 0.4) is 0 Å². The molecule has 0 saturated heterocycles. The zero-order chi connectivity index (χ0) is 19.1. The number of aromatic carboxylic acids is 1. The smallest absolute Gasteiger partial charge is 0.335 e. The van der Waals surface area contributed by atoms with Crippen molar-refractivity contribution >= 4 is 17.6 Å². The van der Waals surface area contributed by atoms with Gasteiger partial charge >= 0.3 is 11.7 Å². The lowest BCUT2D eigenvalue weighted by Gasteiger charge is -2.06. The Hall–Kier alpha value is -3.26. The molecule has 0 amide bonds. The van der Waals surface area contributed by atoms with Gasteiger partial charge in [-0.25, -0.2) is 9.59 Å². The SMILES string of the molecule is O=C(O)c1ccc(C2C[C@@H]2c2cc(-c3c[nH]c(=O)[nH]c3=O)nnc2Cl)cc1. The number of aromatic nitrogens is 4. The van der Waals surface area contributed by atoms with Gasteiger partial charge in [0, 0.05) is 6.20 Å². The topological polar surface area (TPSA) is 129 Å². The molecule has 0 radical (unpaired) electrons. The fourth-order valence-electron chi connectivity index (χ4n) is 3.16. The summed E-state index contributed by atoms with van der Waals surface area (Å²) in [6.45, 7) is 0. The molecule has 1 fully saturated rings. The molecule has 27 heavy (non-hydrogen) atoms. The third-order valence-electron chi connectivity index (χ3n) is 4.65. The van der Waals surface area contributed by atoms with Crippen LogP contribution in [-0.4, -0.2) is 31.2 Å². The maximum Gasteiger partial charge on any atom is 0.335 e. The number of hydrogen-bond donors (Lipinski definition) is 3. The molecular weight excluding hydrogens is 372 g/mol. The number of aromatic amines is 2. The largest absolute Gasteiger partial charge is 0.478 e. The number of nitrogens with one attached hydrogen (secondary N) is 2. The number of carboxylic acids is 1. The summed E-state index contributed by atoms with van der Waals surface area (Å²) in [7, 11) is 0. The molecule has 1 aliphatic rings. The van der Waals surface area contributed by atoms with Crippen LogP contribution >= 0.6 is 11.6 Å². The van der Waals surface area contributed by atoms with Gasteiger partial charge in [-0.15, -0.1) is 10.2 Å². The van der Waals surface area contributed by atoms with Crippen LogP contribution < -0.4 is 11.2 Å². The first-order valence-corrected chi connectivity index (χ1v) is 8.50. The molecule has 1 saturated carbocycles. The number of H-pyrrole nitrogens is 2. The van der Waals surface area contributed by atoms with Crippen LogP contribution in [0, 0.1) is 0 Å². The standard InChI is InChI=1S/C18H13ClN4O4/c19-15-12(6-14(22-23-15)13-7-20-18(27)21-16(13)24)11-5-10(11)8-1-3-9(4-2-8)17(25)26/h1-4,6-7,10-11H,5H2,(H,25,26)(H2,20,21,24,27)/t10?,11-/m0/s1. The average Bonchev–Trinajstić information content (AvgIpc) is 3.43. The summed E-state index contributed by atoms with van der Waals surface area (Å²) in [6, 6.07) is 8.44. The maximum atomic E-state index is 12.0. The van der Waals surface area contributed by atoms with Crippen LogP contribution in [0.4, 0.5) is 0 Å². The normalized spacial score (nSPS) is 18.3. The predicted octanol–water partition coefficient (Wildman–Crippen LogP) is 2.14. The highest BCUT2D eigenvalue weighted by Crippen LogP contribution is 2.56. The Kier molecular flexibility index (Phi) is 4.12. The van der Waals surface area contributed by atoms with Crippen molar-refractivity contribution in [3.63, 3.8) is 0 Å². The van der Waals surface area contributed by atoms with Gasteiger partial charge in [-0.1, -0.05) is 23.7 Å². The van der Waals surface area contributed by atoms with Crippen LogP contribution in [0.25, 0.3) is 11.3 Å². The molecule has 136 valence electrons. The number of benzene rings is 1. The Morgan fingerprint density at radius 3 is 2.56 bits per heavy atom. The zero-order valence-corrected chi connectivity index (χ0v) is 14.5. The Balaban J connectivity index is 1.64. The van der Waals surface area contributed by atoms with Crippen LogP contribution in [0.5, 0.6) is 0 Å². The van der Waals surface area contributed by atoms with Gasteiger partial charge in [0.15, 0.2) is 5.15 Å². The zero-order valence-electron chi connectivity index (χ0n) is 13.8. The van der Waals surface area contributed by atoms with Crippen molar-refractivity contribution in [1.82, 2.24) is 20.2 Å². The van der Waals surface area contributed by atoms with Gasteiger partial charge in [-0.2, -0.15) is 0 Å². The summed E-state index contributed by atoms with van der Waals surface area (Å²) in [5.41, 5.74) is 1.37. The van der Waals surface area contributed by atoms with Crippen molar-refractivity contribution < 1.29 is 9.90 Å². The van der Waals surface area contributed by atoms with Gasteiger partial charge in [0.2, 0.25) is 0 Å². The number of carbonyl (C=O) groups is 1. The van der Waals surface area contributed by atoms with Crippen molar-refractivity contribution in [2.45, 2.75) is 18.3 Å². The lowest BCUT2D eigenvalue weighted by molar-refractivity contribution is 0.0697. The highest BCUT2D eigenvalue weighted by Gasteiger charge is 2.41. The Morgan fingerprint density at radius 1 is 1.15 bits per heavy atom. The fraction of sp³-hybridized carbons (Fsp3) is 0.167. The molecule has 8 nitrogen and oxygen atoms in total. The predicted molar refractivity (Wildman–Crippen MR) is 97.2 cm³/mol. The van der Waals surface area contributed by atoms with Crippen molar-refractivity contribution in [2.24, 2.45) is 0 Å². The van der Waals surface area contributed by atoms with Crippen LogP contribution in [0.1, 0.15) is 39.7 Å². The Labute approximate surface area is 156 Å². The van der Waals surface area contributed by atoms with Crippen molar-refractivity contribution in [1.29, 1.82) is 0 Å². The number of halogens is 1. The summed E-state index contributed by atoms with van der Waals surface area (Å²) in [6.07, 6.45) is 2.12. The molecule has 2 heterocycles. The molecule has 0 bridgehead atoms. The summed E-state index contributed by atoms with van der Waals surface area (Å²) in [5, 5.41) is 17.1. The van der Waals surface area contributed by atoms with E-state index >= 15 is 0 Å². The second kappa shape index (κ2) is 6.48. The number of rotatable bonds is 4. The van der Waals surface area contributed by atoms with Crippen molar-refractivity contribution in [3.8, 4) is 11.3 Å². The van der Waals surface area contributed by atoms with Gasteiger partial charge in [-0.3, -0.25) is 9.78 Å². The van der Waals surface area contributed by atoms with E-state index in [-0.39, 0.29) is 28.1 Å². The minimum Gasteiger partial charge on any atom is -0.478 e. The first-order valence-electron chi connectivity index (χ1n) is 8.13. The lowest BCUT2D eigenvalue weighted by Crippen LogP contribution is -2.23. The van der Waals surface area contributed by atoms with E-state index in [0.29, 0.717) is 5.69 Å². The van der Waals surface area contributed by atoms with E-state index in [1.165, 1.54) is 6.20 Å². The fourth-order valence-corrected chi connectivity index (χ4v) is 3.40. The minimum absolute atomic E-state index is 0.101. The molecule has 3 N–H and O–H groups in total. The highest BCUT2D eigenvalue weighted by atomic mass is 35.5. The second-order valence-electron chi connectivity index (χ2n) is 6.34. The number of carboxylic acid groups (broad SMARTS) is 1. The first-order chi connectivity index (χ1) is 12.9. The average molecular weight is 385 g/mol. The van der Waals surface area contributed by atoms with E-state index in [1.54, 1.807) is 30.3 Å². The Morgan fingerprint density at radius 2 is 1.89 bits per heavy atom. The molecule has 4 rings (SSSR count). The number of nitrogens with zero attached hydrogens (tertiary/aromatic N) is 2. The highest BCUT2D eigenvalue weighted by molar-refractivity contribution is 6.30. The number of hydrogen-bond acceptors (Lipinski definition) is 5. The monoisotopic (exact) mass is 384 g/mol. The van der Waals surface area contributed by atoms with Crippen LogP contribution in [-0.2, 0) is 0 Å². The third-order valence-corrected chi connectivity index (χ3v) is 4.94. The van der Waals surface area contributed by atoms with Crippen LogP contribution in [0.15, 0.2) is 46.1 Å². The summed E-state index contributed by atoms with van der Waals surface area (Å²) in [4.78, 5) is 38.7. The van der Waals surface area contributed by atoms with E-state index < -0.39 is 17.2 Å². The first kappa shape index (κ1) is 17.2. The second-order valence-corrected chi connectivity index (χ2v) is 6.70. The molecular formula is C18H13ClN4O4. The molecule has 3 aromatic rings. The lowest BCUT2D eigenvalue weighted by atomic mass is 10.0. The molecule has 2 aromatic heterocycles. The summed E-state index contributed by atoms with van der Waals surface area (Å²) < 4.78 is 0. The van der Waals surface area contributed by atoms with Crippen molar-refractivity contribution in [2.75, 3.05) is 0 Å². The molecule has 9 heteroatoms. The molecule has 0 spiro atoms. The molecule has 1 aromatic carbocycles. The quantitative estimate of drug-likeness (QED) is 0.632. The minimum atomic E-state index is -0.967. The molecule has 2 atom stereocenters. The van der Waals surface area contributed by atoms with E-state index in [4.69, 9.17) is 16.7 Å². The summed E-state index contributed by atoms with van der Waals surface area (Å²) in [5.74, 6) is -0.674. The maximum absolute atomic E-state index is 12.0. The summed E-state index contributed by atoms with van der Waals surface area (Å²) >= 11 is 6.21. The van der Waals surface area contributed by atoms with E-state index in [0.717, 1.165) is 17.5 Å². The van der Waals surface area contributed by atoms with Crippen molar-refractivity contribution in [3.05, 3.63) is 79.2 Å². The van der Waals surface area contributed by atoms with Gasteiger partial charge in [0.1, 0.15) is 5.69 Å². The van der Waals surface area contributed by atoms with Gasteiger partial charge < -0.3 is 10.1 Å². The van der Waals surface area contributed by atoms with E-state index in [9.17, 15) is 14.4 Å². The van der Waals surface area contributed by atoms with E-state index in [2.05, 4.69) is 20.2 Å². The molecule has 1 aliphatic carbocycles. The molecule has 1 unspecified atom stereocenters. The van der Waals surface area contributed by atoms with Gasteiger partial charge in [-0.05, 0) is 47.6 Å². The van der Waals surface area contributed by atoms with E-state index in [1.807, 2.05) is 0 Å².